The second kappa shape index (κ2) is 6.40. The van der Waals surface area contributed by atoms with E-state index in [9.17, 15) is 4.39 Å². The standard InChI is InChI=1S/C19H22FN/c1-14-5-7-15(8-6-14)11-17(13-21-19-9-10-19)16-3-2-4-18(20)12-16/h2-8,12,17,19,21H,9-11,13H2,1H3. The van der Waals surface area contributed by atoms with Crippen LogP contribution in [-0.2, 0) is 6.42 Å². The van der Waals surface area contributed by atoms with Crippen molar-refractivity contribution in [1.82, 2.24) is 5.32 Å². The fraction of sp³-hybridized carbons (Fsp3) is 0.368. The largest absolute Gasteiger partial charge is 0.313 e. The Morgan fingerprint density at radius 2 is 1.90 bits per heavy atom. The van der Waals surface area contributed by atoms with Crippen molar-refractivity contribution in [3.8, 4) is 0 Å². The normalized spacial score (nSPS) is 15.9. The molecule has 1 atom stereocenters. The molecular weight excluding hydrogens is 261 g/mol. The van der Waals surface area contributed by atoms with Gasteiger partial charge in [0.2, 0.25) is 0 Å². The molecule has 0 aromatic heterocycles. The highest BCUT2D eigenvalue weighted by Crippen LogP contribution is 2.24. The lowest BCUT2D eigenvalue weighted by Crippen LogP contribution is -2.25. The van der Waals surface area contributed by atoms with Gasteiger partial charge in [-0.05, 0) is 49.4 Å². The fourth-order valence-electron chi connectivity index (χ4n) is 2.67. The highest BCUT2D eigenvalue weighted by Gasteiger charge is 2.22. The molecule has 1 aliphatic rings. The Morgan fingerprint density at radius 1 is 1.14 bits per heavy atom. The summed E-state index contributed by atoms with van der Waals surface area (Å²) >= 11 is 0. The van der Waals surface area contributed by atoms with Crippen molar-refractivity contribution in [2.45, 2.75) is 38.1 Å². The van der Waals surface area contributed by atoms with Crippen molar-refractivity contribution in [2.24, 2.45) is 0 Å². The van der Waals surface area contributed by atoms with Crippen molar-refractivity contribution in [3.05, 3.63) is 71.0 Å². The first-order valence-electron chi connectivity index (χ1n) is 7.75. The van der Waals surface area contributed by atoms with Crippen LogP contribution in [0.4, 0.5) is 4.39 Å². The molecule has 1 aliphatic carbocycles. The van der Waals surface area contributed by atoms with E-state index in [4.69, 9.17) is 0 Å². The molecule has 0 amide bonds. The maximum absolute atomic E-state index is 13.5. The van der Waals surface area contributed by atoms with Crippen molar-refractivity contribution in [1.29, 1.82) is 0 Å². The Kier molecular flexibility index (Phi) is 4.35. The number of hydrogen-bond acceptors (Lipinski definition) is 1. The number of rotatable bonds is 6. The van der Waals surface area contributed by atoms with E-state index in [0.29, 0.717) is 12.0 Å². The Labute approximate surface area is 126 Å². The van der Waals surface area contributed by atoms with Gasteiger partial charge in [-0.2, -0.15) is 0 Å². The third-order valence-corrected chi connectivity index (χ3v) is 4.15. The summed E-state index contributed by atoms with van der Waals surface area (Å²) in [5.74, 6) is 0.178. The molecule has 1 unspecified atom stereocenters. The topological polar surface area (TPSA) is 12.0 Å². The van der Waals surface area contributed by atoms with Gasteiger partial charge in [0.05, 0.1) is 0 Å². The lowest BCUT2D eigenvalue weighted by Gasteiger charge is -2.18. The van der Waals surface area contributed by atoms with Gasteiger partial charge in [0.25, 0.3) is 0 Å². The first-order valence-corrected chi connectivity index (χ1v) is 7.75. The van der Waals surface area contributed by atoms with Crippen LogP contribution in [-0.4, -0.2) is 12.6 Å². The van der Waals surface area contributed by atoms with Crippen molar-refractivity contribution < 1.29 is 4.39 Å². The van der Waals surface area contributed by atoms with Crippen molar-refractivity contribution >= 4 is 0 Å². The molecule has 1 saturated carbocycles. The summed E-state index contributed by atoms with van der Waals surface area (Å²) in [6.07, 6.45) is 3.50. The van der Waals surface area contributed by atoms with E-state index in [-0.39, 0.29) is 5.82 Å². The Morgan fingerprint density at radius 3 is 2.57 bits per heavy atom. The molecule has 0 heterocycles. The molecule has 2 aromatic carbocycles. The number of hydrogen-bond donors (Lipinski definition) is 1. The minimum atomic E-state index is -0.146. The molecule has 110 valence electrons. The van der Waals surface area contributed by atoms with Gasteiger partial charge in [0.15, 0.2) is 0 Å². The average Bonchev–Trinajstić information content (AvgIpc) is 3.30. The zero-order valence-electron chi connectivity index (χ0n) is 12.5. The Balaban J connectivity index is 1.75. The molecule has 2 aromatic rings. The minimum Gasteiger partial charge on any atom is -0.313 e. The molecule has 1 N–H and O–H groups in total. The number of nitrogens with one attached hydrogen (secondary N) is 1. The van der Waals surface area contributed by atoms with Crippen LogP contribution >= 0.6 is 0 Å². The third kappa shape index (κ3) is 4.15. The van der Waals surface area contributed by atoms with Crippen LogP contribution in [0.15, 0.2) is 48.5 Å². The highest BCUT2D eigenvalue weighted by molar-refractivity contribution is 5.27. The number of benzene rings is 2. The van der Waals surface area contributed by atoms with Crippen LogP contribution in [0, 0.1) is 12.7 Å². The quantitative estimate of drug-likeness (QED) is 0.837. The molecule has 1 fully saturated rings. The summed E-state index contributed by atoms with van der Waals surface area (Å²) in [6, 6.07) is 16.4. The molecule has 0 radical (unpaired) electrons. The fourth-order valence-corrected chi connectivity index (χ4v) is 2.67. The van der Waals surface area contributed by atoms with Gasteiger partial charge in [0.1, 0.15) is 5.82 Å². The van der Waals surface area contributed by atoms with Crippen LogP contribution < -0.4 is 5.32 Å². The van der Waals surface area contributed by atoms with Crippen molar-refractivity contribution in [3.63, 3.8) is 0 Å². The first kappa shape index (κ1) is 14.3. The van der Waals surface area contributed by atoms with Crippen LogP contribution in [0.1, 0.15) is 35.4 Å². The number of aryl methyl sites for hydroxylation is 1. The summed E-state index contributed by atoms with van der Waals surface area (Å²) < 4.78 is 13.5. The van der Waals surface area contributed by atoms with Crippen LogP contribution in [0.5, 0.6) is 0 Å². The third-order valence-electron chi connectivity index (χ3n) is 4.15. The maximum Gasteiger partial charge on any atom is 0.123 e. The SMILES string of the molecule is Cc1ccc(CC(CNC2CC2)c2cccc(F)c2)cc1. The van der Waals surface area contributed by atoms with E-state index in [2.05, 4.69) is 36.5 Å². The molecule has 3 rings (SSSR count). The van der Waals surface area contributed by atoms with E-state index >= 15 is 0 Å². The van der Waals surface area contributed by atoms with Gasteiger partial charge in [-0.25, -0.2) is 4.39 Å². The lowest BCUT2D eigenvalue weighted by atomic mass is 9.91. The van der Waals surface area contributed by atoms with E-state index in [1.807, 2.05) is 12.1 Å². The van der Waals surface area contributed by atoms with E-state index < -0.39 is 0 Å². The van der Waals surface area contributed by atoms with E-state index in [1.165, 1.54) is 30.0 Å². The summed E-state index contributed by atoms with van der Waals surface area (Å²) in [5, 5.41) is 3.58. The molecule has 2 heteroatoms. The van der Waals surface area contributed by atoms with Gasteiger partial charge in [0, 0.05) is 18.5 Å². The second-order valence-electron chi connectivity index (χ2n) is 6.12. The van der Waals surface area contributed by atoms with E-state index in [1.54, 1.807) is 6.07 Å². The predicted octanol–water partition coefficient (Wildman–Crippen LogP) is 4.21. The van der Waals surface area contributed by atoms with Gasteiger partial charge < -0.3 is 5.32 Å². The molecule has 0 spiro atoms. The molecule has 21 heavy (non-hydrogen) atoms. The molecule has 0 aliphatic heterocycles. The highest BCUT2D eigenvalue weighted by atomic mass is 19.1. The minimum absolute atomic E-state index is 0.146. The van der Waals surface area contributed by atoms with Gasteiger partial charge >= 0.3 is 0 Å². The first-order chi connectivity index (χ1) is 10.2. The van der Waals surface area contributed by atoms with Crippen molar-refractivity contribution in [2.75, 3.05) is 6.54 Å². The zero-order chi connectivity index (χ0) is 14.7. The Bertz CT molecular complexity index is 587. The molecule has 1 nitrogen and oxygen atoms in total. The van der Waals surface area contributed by atoms with Gasteiger partial charge in [-0.3, -0.25) is 0 Å². The number of halogens is 1. The van der Waals surface area contributed by atoms with Gasteiger partial charge in [-0.15, -0.1) is 0 Å². The second-order valence-corrected chi connectivity index (χ2v) is 6.12. The summed E-state index contributed by atoms with van der Waals surface area (Å²) in [7, 11) is 0. The predicted molar refractivity (Wildman–Crippen MR) is 85.0 cm³/mol. The Hall–Kier alpha value is -1.67. The van der Waals surface area contributed by atoms with Crippen LogP contribution in [0.3, 0.4) is 0 Å². The zero-order valence-corrected chi connectivity index (χ0v) is 12.5. The van der Waals surface area contributed by atoms with Gasteiger partial charge in [-0.1, -0.05) is 42.0 Å². The summed E-state index contributed by atoms with van der Waals surface area (Å²) in [5.41, 5.74) is 3.67. The van der Waals surface area contributed by atoms with Crippen LogP contribution in [0.2, 0.25) is 0 Å². The van der Waals surface area contributed by atoms with Crippen LogP contribution in [0.25, 0.3) is 0 Å². The summed E-state index contributed by atoms with van der Waals surface area (Å²) in [4.78, 5) is 0. The molecule has 0 bridgehead atoms. The molecular formula is C19H22FN. The smallest absolute Gasteiger partial charge is 0.123 e. The monoisotopic (exact) mass is 283 g/mol. The maximum atomic E-state index is 13.5. The lowest BCUT2D eigenvalue weighted by molar-refractivity contribution is 0.569. The van der Waals surface area contributed by atoms with E-state index in [0.717, 1.165) is 18.5 Å². The molecule has 0 saturated heterocycles. The summed E-state index contributed by atoms with van der Waals surface area (Å²) in [6.45, 7) is 3.02. The average molecular weight is 283 g/mol.